The maximum atomic E-state index is 12.4. The molecule has 0 heterocycles. The van der Waals surface area contributed by atoms with Crippen LogP contribution in [0.25, 0.3) is 0 Å². The Bertz CT molecular complexity index is 535. The maximum absolute atomic E-state index is 12.4. The first-order chi connectivity index (χ1) is 10.0. The summed E-state index contributed by atoms with van der Waals surface area (Å²) in [4.78, 5) is 35.7. The zero-order valence-corrected chi connectivity index (χ0v) is 12.3. The summed E-state index contributed by atoms with van der Waals surface area (Å²) >= 11 is 0. The molecular weight excluding hydrogens is 268 g/mol. The lowest BCUT2D eigenvalue weighted by atomic mass is 9.80. The standard InChI is InChI=1S/C17H20O4/c1-13(18)9-11-17(10-5-8-15(17)19)16(20)21-12-14-6-3-2-4-7-14/h2-4,6-7H,5,8-12H2,1H3/t17-/m1/s1. The molecule has 1 fully saturated rings. The molecule has 0 aromatic heterocycles. The molecule has 1 aromatic rings. The third kappa shape index (κ3) is 3.57. The molecule has 0 unspecified atom stereocenters. The Hall–Kier alpha value is -1.97. The van der Waals surface area contributed by atoms with Crippen molar-refractivity contribution in [2.45, 2.75) is 45.6 Å². The van der Waals surface area contributed by atoms with Crippen LogP contribution in [0, 0.1) is 5.41 Å². The van der Waals surface area contributed by atoms with Crippen LogP contribution < -0.4 is 0 Å². The molecule has 0 spiro atoms. The molecule has 0 saturated heterocycles. The minimum atomic E-state index is -1.10. The number of ether oxygens (including phenoxy) is 1. The fraction of sp³-hybridized carbons (Fsp3) is 0.471. The molecule has 2 rings (SSSR count). The molecule has 0 N–H and O–H groups in total. The first-order valence-electron chi connectivity index (χ1n) is 7.28. The number of Topliss-reactive ketones (excluding diaryl/α,β-unsaturated/α-hetero) is 2. The summed E-state index contributed by atoms with van der Waals surface area (Å²) in [7, 11) is 0. The van der Waals surface area contributed by atoms with E-state index >= 15 is 0 Å². The molecule has 0 amide bonds. The van der Waals surface area contributed by atoms with E-state index in [0.29, 0.717) is 19.3 Å². The SMILES string of the molecule is CC(=O)CC[C@]1(C(=O)OCc2ccccc2)CCCC1=O. The van der Waals surface area contributed by atoms with Crippen molar-refractivity contribution in [3.05, 3.63) is 35.9 Å². The van der Waals surface area contributed by atoms with Crippen molar-refractivity contribution in [1.29, 1.82) is 0 Å². The first kappa shape index (κ1) is 15.4. The van der Waals surface area contributed by atoms with E-state index in [4.69, 9.17) is 4.74 Å². The third-order valence-corrected chi connectivity index (χ3v) is 4.05. The average Bonchev–Trinajstić information content (AvgIpc) is 2.86. The van der Waals surface area contributed by atoms with Gasteiger partial charge in [0.25, 0.3) is 0 Å². The van der Waals surface area contributed by atoms with Crippen LogP contribution in [0.4, 0.5) is 0 Å². The van der Waals surface area contributed by atoms with Crippen LogP contribution >= 0.6 is 0 Å². The second-order valence-corrected chi connectivity index (χ2v) is 5.62. The number of carbonyl (C=O) groups excluding carboxylic acids is 3. The molecule has 1 aromatic carbocycles. The molecule has 0 aliphatic heterocycles. The predicted octanol–water partition coefficient (Wildman–Crippen LogP) is 2.84. The monoisotopic (exact) mass is 288 g/mol. The average molecular weight is 288 g/mol. The Kier molecular flexibility index (Phi) is 4.89. The highest BCUT2D eigenvalue weighted by molar-refractivity contribution is 6.05. The third-order valence-electron chi connectivity index (χ3n) is 4.05. The highest BCUT2D eigenvalue weighted by Gasteiger charge is 2.49. The molecule has 1 aliphatic rings. The second-order valence-electron chi connectivity index (χ2n) is 5.62. The summed E-state index contributed by atoms with van der Waals surface area (Å²) < 4.78 is 5.35. The van der Waals surface area contributed by atoms with E-state index in [1.807, 2.05) is 30.3 Å². The molecule has 4 heteroatoms. The molecule has 0 radical (unpaired) electrons. The maximum Gasteiger partial charge on any atom is 0.319 e. The predicted molar refractivity (Wildman–Crippen MR) is 77.4 cm³/mol. The summed E-state index contributed by atoms with van der Waals surface area (Å²) in [5, 5.41) is 0. The van der Waals surface area contributed by atoms with Gasteiger partial charge in [-0.15, -0.1) is 0 Å². The van der Waals surface area contributed by atoms with Gasteiger partial charge in [-0.25, -0.2) is 0 Å². The van der Waals surface area contributed by atoms with Crippen molar-refractivity contribution in [2.75, 3.05) is 0 Å². The molecule has 21 heavy (non-hydrogen) atoms. The van der Waals surface area contributed by atoms with Crippen molar-refractivity contribution < 1.29 is 19.1 Å². The van der Waals surface area contributed by atoms with Crippen LogP contribution in [0.1, 0.15) is 44.6 Å². The van der Waals surface area contributed by atoms with Crippen molar-refractivity contribution in [3.63, 3.8) is 0 Å². The van der Waals surface area contributed by atoms with Gasteiger partial charge in [-0.3, -0.25) is 9.59 Å². The Balaban J connectivity index is 2.04. The highest BCUT2D eigenvalue weighted by atomic mass is 16.5. The van der Waals surface area contributed by atoms with Crippen LogP contribution in [0.2, 0.25) is 0 Å². The van der Waals surface area contributed by atoms with Gasteiger partial charge in [-0.1, -0.05) is 30.3 Å². The Morgan fingerprint density at radius 3 is 2.52 bits per heavy atom. The van der Waals surface area contributed by atoms with Crippen molar-refractivity contribution in [1.82, 2.24) is 0 Å². The molecule has 4 nitrogen and oxygen atoms in total. The van der Waals surface area contributed by atoms with Crippen LogP contribution in [-0.4, -0.2) is 17.5 Å². The van der Waals surface area contributed by atoms with E-state index in [1.54, 1.807) is 0 Å². The molecule has 1 saturated carbocycles. The molecule has 112 valence electrons. The van der Waals surface area contributed by atoms with Gasteiger partial charge >= 0.3 is 5.97 Å². The Morgan fingerprint density at radius 1 is 1.24 bits per heavy atom. The minimum Gasteiger partial charge on any atom is -0.460 e. The van der Waals surface area contributed by atoms with Crippen molar-refractivity contribution in [3.8, 4) is 0 Å². The van der Waals surface area contributed by atoms with Gasteiger partial charge in [0.1, 0.15) is 23.6 Å². The molecular formula is C17H20O4. The van der Waals surface area contributed by atoms with Crippen LogP contribution in [0.3, 0.4) is 0 Å². The summed E-state index contributed by atoms with van der Waals surface area (Å²) in [6.07, 6.45) is 2.10. The Morgan fingerprint density at radius 2 is 1.95 bits per heavy atom. The highest BCUT2D eigenvalue weighted by Crippen LogP contribution is 2.40. The molecule has 1 atom stereocenters. The second kappa shape index (κ2) is 6.66. The topological polar surface area (TPSA) is 60.4 Å². The van der Waals surface area contributed by atoms with Crippen molar-refractivity contribution in [2.24, 2.45) is 5.41 Å². The minimum absolute atomic E-state index is 0.00932. The first-order valence-corrected chi connectivity index (χ1v) is 7.28. The Labute approximate surface area is 124 Å². The number of rotatable bonds is 6. The van der Waals surface area contributed by atoms with Gasteiger partial charge in [-0.05, 0) is 31.7 Å². The molecule has 0 bridgehead atoms. The van der Waals surface area contributed by atoms with Gasteiger partial charge in [0.05, 0.1) is 0 Å². The largest absolute Gasteiger partial charge is 0.460 e. The summed E-state index contributed by atoms with van der Waals surface area (Å²) in [5.74, 6) is -0.568. The van der Waals surface area contributed by atoms with Crippen molar-refractivity contribution >= 4 is 17.5 Å². The lowest BCUT2D eigenvalue weighted by molar-refractivity contribution is -0.161. The van der Waals surface area contributed by atoms with Gasteiger partial charge in [-0.2, -0.15) is 0 Å². The number of ketones is 2. The summed E-state index contributed by atoms with van der Waals surface area (Å²) in [5.41, 5.74) is -0.210. The number of carbonyl (C=O) groups is 3. The van der Waals surface area contributed by atoms with E-state index < -0.39 is 11.4 Å². The van der Waals surface area contributed by atoms with E-state index in [-0.39, 0.29) is 31.0 Å². The lowest BCUT2D eigenvalue weighted by Gasteiger charge is -2.24. The van der Waals surface area contributed by atoms with E-state index in [2.05, 4.69) is 0 Å². The van der Waals surface area contributed by atoms with Crippen LogP contribution in [0.15, 0.2) is 30.3 Å². The number of hydrogen-bond donors (Lipinski definition) is 0. The van der Waals surface area contributed by atoms with Gasteiger partial charge < -0.3 is 9.53 Å². The van der Waals surface area contributed by atoms with Crippen LogP contribution in [0.5, 0.6) is 0 Å². The van der Waals surface area contributed by atoms with Gasteiger partial charge in [0.15, 0.2) is 0 Å². The quantitative estimate of drug-likeness (QED) is 0.596. The zero-order chi connectivity index (χ0) is 15.3. The zero-order valence-electron chi connectivity index (χ0n) is 12.3. The smallest absolute Gasteiger partial charge is 0.319 e. The van der Waals surface area contributed by atoms with E-state index in [9.17, 15) is 14.4 Å². The summed E-state index contributed by atoms with van der Waals surface area (Å²) in [6.45, 7) is 1.64. The summed E-state index contributed by atoms with van der Waals surface area (Å²) in [6, 6.07) is 9.36. The van der Waals surface area contributed by atoms with E-state index in [0.717, 1.165) is 5.56 Å². The fourth-order valence-corrected chi connectivity index (χ4v) is 2.76. The van der Waals surface area contributed by atoms with Gasteiger partial charge in [0.2, 0.25) is 0 Å². The number of esters is 1. The lowest BCUT2D eigenvalue weighted by Crippen LogP contribution is -2.37. The number of hydrogen-bond acceptors (Lipinski definition) is 4. The van der Waals surface area contributed by atoms with Crippen LogP contribution in [-0.2, 0) is 25.7 Å². The van der Waals surface area contributed by atoms with Gasteiger partial charge in [0, 0.05) is 12.8 Å². The molecule has 1 aliphatic carbocycles. The fourth-order valence-electron chi connectivity index (χ4n) is 2.76. The number of benzene rings is 1. The van der Waals surface area contributed by atoms with E-state index in [1.165, 1.54) is 6.92 Å². The normalized spacial score (nSPS) is 21.3.